The quantitative estimate of drug-likeness (QED) is 0.904. The number of rotatable bonds is 5. The summed E-state index contributed by atoms with van der Waals surface area (Å²) >= 11 is 1.36. The largest absolute Gasteiger partial charge is 0.485 e. The van der Waals surface area contributed by atoms with Crippen LogP contribution in [-0.4, -0.2) is 44.7 Å². The molecule has 0 aliphatic carbocycles. The number of nitrogens with zero attached hydrogens (tertiary/aromatic N) is 1. The maximum Gasteiger partial charge on any atom is 0.265 e. The van der Waals surface area contributed by atoms with Gasteiger partial charge in [-0.1, -0.05) is 29.8 Å². The Labute approximate surface area is 146 Å². The number of fused-ring (bicyclic) bond motifs is 1. The van der Waals surface area contributed by atoms with E-state index in [9.17, 15) is 4.79 Å². The fourth-order valence-corrected chi connectivity index (χ4v) is 3.52. The number of hydrogen-bond donors (Lipinski definition) is 1. The van der Waals surface area contributed by atoms with E-state index in [4.69, 9.17) is 9.47 Å². The number of carbonyl (C=O) groups is 1. The van der Waals surface area contributed by atoms with E-state index in [0.29, 0.717) is 36.1 Å². The van der Waals surface area contributed by atoms with Gasteiger partial charge >= 0.3 is 0 Å². The molecule has 2 heterocycles. The van der Waals surface area contributed by atoms with Crippen molar-refractivity contribution in [3.63, 3.8) is 0 Å². The highest BCUT2D eigenvalue weighted by molar-refractivity contribution is 7.12. The Bertz CT molecular complexity index is 710. The Kier molecular flexibility index (Phi) is 5.06. The van der Waals surface area contributed by atoms with Crippen LogP contribution in [0.25, 0.3) is 0 Å². The zero-order valence-corrected chi connectivity index (χ0v) is 15.0. The average Bonchev–Trinajstić information content (AvgIpc) is 3.00. The summed E-state index contributed by atoms with van der Waals surface area (Å²) in [7, 11) is 4.03. The van der Waals surface area contributed by atoms with Gasteiger partial charge in [-0.25, -0.2) is 0 Å². The predicted molar refractivity (Wildman–Crippen MR) is 95.2 cm³/mol. The summed E-state index contributed by atoms with van der Waals surface area (Å²) in [6, 6.07) is 8.51. The third kappa shape index (κ3) is 3.55. The van der Waals surface area contributed by atoms with Crippen LogP contribution >= 0.6 is 11.3 Å². The molecule has 1 aromatic carbocycles. The van der Waals surface area contributed by atoms with Gasteiger partial charge in [-0.3, -0.25) is 4.79 Å². The molecule has 0 bridgehead atoms. The summed E-state index contributed by atoms with van der Waals surface area (Å²) < 4.78 is 11.1. The summed E-state index contributed by atoms with van der Waals surface area (Å²) in [4.78, 5) is 15.2. The SMILES string of the molecule is Cc1ccc([C@@H](CNC(=O)c2scc3c2OCCO3)N(C)C)cc1. The molecule has 1 aromatic heterocycles. The van der Waals surface area contributed by atoms with Crippen molar-refractivity contribution in [2.24, 2.45) is 0 Å². The van der Waals surface area contributed by atoms with Crippen LogP contribution in [0.3, 0.4) is 0 Å². The van der Waals surface area contributed by atoms with Gasteiger partial charge in [0.2, 0.25) is 0 Å². The predicted octanol–water partition coefficient (Wildman–Crippen LogP) is 2.86. The summed E-state index contributed by atoms with van der Waals surface area (Å²) in [6.07, 6.45) is 0. The Balaban J connectivity index is 1.69. The Hall–Kier alpha value is -2.05. The maximum absolute atomic E-state index is 12.5. The van der Waals surface area contributed by atoms with Crippen molar-refractivity contribution in [2.75, 3.05) is 33.9 Å². The van der Waals surface area contributed by atoms with E-state index < -0.39 is 0 Å². The first-order chi connectivity index (χ1) is 11.6. The molecule has 24 heavy (non-hydrogen) atoms. The van der Waals surface area contributed by atoms with Crippen molar-refractivity contribution in [2.45, 2.75) is 13.0 Å². The maximum atomic E-state index is 12.5. The van der Waals surface area contributed by atoms with Gasteiger partial charge in [0, 0.05) is 11.9 Å². The van der Waals surface area contributed by atoms with Gasteiger partial charge in [0.25, 0.3) is 5.91 Å². The highest BCUT2D eigenvalue weighted by Crippen LogP contribution is 2.39. The minimum Gasteiger partial charge on any atom is -0.485 e. The first-order valence-corrected chi connectivity index (χ1v) is 8.82. The fraction of sp³-hybridized carbons (Fsp3) is 0.389. The van der Waals surface area contributed by atoms with Crippen molar-refractivity contribution in [1.29, 1.82) is 0 Å². The number of amides is 1. The molecule has 0 spiro atoms. The van der Waals surface area contributed by atoms with E-state index in [1.54, 1.807) is 0 Å². The number of hydrogen-bond acceptors (Lipinski definition) is 5. The Morgan fingerprint density at radius 1 is 1.25 bits per heavy atom. The summed E-state index contributed by atoms with van der Waals surface area (Å²) in [6.45, 7) is 3.61. The molecule has 0 saturated carbocycles. The molecule has 1 atom stereocenters. The van der Waals surface area contributed by atoms with E-state index in [0.717, 1.165) is 0 Å². The molecule has 5 nitrogen and oxygen atoms in total. The van der Waals surface area contributed by atoms with Crippen LogP contribution < -0.4 is 14.8 Å². The molecule has 1 aliphatic heterocycles. The van der Waals surface area contributed by atoms with Crippen molar-refractivity contribution in [3.05, 3.63) is 45.6 Å². The fourth-order valence-electron chi connectivity index (χ4n) is 2.68. The molecule has 6 heteroatoms. The number of likely N-dealkylation sites (N-methyl/N-ethyl adjacent to an activating group) is 1. The first kappa shape index (κ1) is 16.8. The third-order valence-electron chi connectivity index (χ3n) is 4.05. The number of thiophene rings is 1. The summed E-state index contributed by atoms with van der Waals surface area (Å²) in [5.41, 5.74) is 2.40. The van der Waals surface area contributed by atoms with E-state index in [-0.39, 0.29) is 11.9 Å². The average molecular weight is 346 g/mol. The minimum atomic E-state index is -0.120. The smallest absolute Gasteiger partial charge is 0.265 e. The van der Waals surface area contributed by atoms with E-state index in [2.05, 4.69) is 41.4 Å². The molecular weight excluding hydrogens is 324 g/mol. The Morgan fingerprint density at radius 2 is 1.96 bits per heavy atom. The second-order valence-electron chi connectivity index (χ2n) is 6.06. The molecule has 1 amide bonds. The van der Waals surface area contributed by atoms with Gasteiger partial charge in [-0.2, -0.15) is 0 Å². The van der Waals surface area contributed by atoms with Crippen LogP contribution in [0.1, 0.15) is 26.8 Å². The molecule has 1 aliphatic rings. The van der Waals surface area contributed by atoms with Gasteiger partial charge in [0.05, 0.1) is 6.04 Å². The lowest BCUT2D eigenvalue weighted by atomic mass is 10.0. The molecule has 2 aromatic rings. The molecule has 1 N–H and O–H groups in total. The highest BCUT2D eigenvalue weighted by atomic mass is 32.1. The zero-order chi connectivity index (χ0) is 17.1. The standard InChI is InChI=1S/C18H22N2O3S/c1-12-4-6-13(7-5-12)14(20(2)3)10-19-18(21)17-16-15(11-24-17)22-8-9-23-16/h4-7,11,14H,8-10H2,1-3H3,(H,19,21)/t14-/m1/s1. The molecule has 3 rings (SSSR count). The number of benzene rings is 1. The van der Waals surface area contributed by atoms with Crippen LogP contribution in [0.2, 0.25) is 0 Å². The molecule has 128 valence electrons. The number of carbonyl (C=O) groups excluding carboxylic acids is 1. The second-order valence-corrected chi connectivity index (χ2v) is 6.93. The minimum absolute atomic E-state index is 0.113. The molecule has 0 radical (unpaired) electrons. The van der Waals surface area contributed by atoms with Crippen molar-refractivity contribution in [3.8, 4) is 11.5 Å². The molecule has 0 fully saturated rings. The first-order valence-electron chi connectivity index (χ1n) is 7.94. The molecule has 0 unspecified atom stereocenters. The topological polar surface area (TPSA) is 50.8 Å². The lowest BCUT2D eigenvalue weighted by Gasteiger charge is -2.25. The lowest BCUT2D eigenvalue weighted by Crippen LogP contribution is -2.34. The molecular formula is C18H22N2O3S. The van der Waals surface area contributed by atoms with Crippen LogP contribution in [0, 0.1) is 6.92 Å². The lowest BCUT2D eigenvalue weighted by molar-refractivity contribution is 0.0937. The van der Waals surface area contributed by atoms with Crippen molar-refractivity contribution < 1.29 is 14.3 Å². The van der Waals surface area contributed by atoms with Gasteiger partial charge in [-0.05, 0) is 26.6 Å². The number of aryl methyl sites for hydroxylation is 1. The highest BCUT2D eigenvalue weighted by Gasteiger charge is 2.24. The summed E-state index contributed by atoms with van der Waals surface area (Å²) in [5.74, 6) is 1.12. The summed E-state index contributed by atoms with van der Waals surface area (Å²) in [5, 5.41) is 4.85. The van der Waals surface area contributed by atoms with E-state index in [1.165, 1.54) is 22.5 Å². The van der Waals surface area contributed by atoms with E-state index >= 15 is 0 Å². The van der Waals surface area contributed by atoms with Crippen molar-refractivity contribution >= 4 is 17.2 Å². The second kappa shape index (κ2) is 7.23. The number of nitrogens with one attached hydrogen (secondary N) is 1. The molecule has 0 saturated heterocycles. The van der Waals surface area contributed by atoms with Crippen LogP contribution in [-0.2, 0) is 0 Å². The van der Waals surface area contributed by atoms with Gasteiger partial charge < -0.3 is 19.7 Å². The van der Waals surface area contributed by atoms with E-state index in [1.807, 2.05) is 19.5 Å². The third-order valence-corrected chi connectivity index (χ3v) is 4.99. The van der Waals surface area contributed by atoms with Crippen LogP contribution in [0.5, 0.6) is 11.5 Å². The van der Waals surface area contributed by atoms with Crippen LogP contribution in [0.4, 0.5) is 0 Å². The van der Waals surface area contributed by atoms with Crippen molar-refractivity contribution in [1.82, 2.24) is 10.2 Å². The van der Waals surface area contributed by atoms with Gasteiger partial charge in [0.1, 0.15) is 18.1 Å². The Morgan fingerprint density at radius 3 is 2.67 bits per heavy atom. The van der Waals surface area contributed by atoms with Crippen LogP contribution in [0.15, 0.2) is 29.6 Å². The van der Waals surface area contributed by atoms with Gasteiger partial charge in [-0.15, -0.1) is 11.3 Å². The monoisotopic (exact) mass is 346 g/mol. The van der Waals surface area contributed by atoms with Gasteiger partial charge in [0.15, 0.2) is 11.5 Å². The normalized spacial score (nSPS) is 14.5. The number of ether oxygens (including phenoxy) is 2. The zero-order valence-electron chi connectivity index (χ0n) is 14.2.